The lowest BCUT2D eigenvalue weighted by atomic mass is 9.90. The molecular formula is C12H23FN2O2. The van der Waals surface area contributed by atoms with Crippen molar-refractivity contribution in [2.24, 2.45) is 11.7 Å². The number of carbonyl (C=O) groups is 1. The van der Waals surface area contributed by atoms with Gasteiger partial charge in [0.2, 0.25) is 0 Å². The van der Waals surface area contributed by atoms with Crippen molar-refractivity contribution in [3.8, 4) is 0 Å². The Morgan fingerprint density at radius 1 is 1.53 bits per heavy atom. The van der Waals surface area contributed by atoms with Crippen LogP contribution in [-0.4, -0.2) is 42.4 Å². The third-order valence-corrected chi connectivity index (χ3v) is 2.94. The lowest BCUT2D eigenvalue weighted by molar-refractivity contribution is 0.0154. The van der Waals surface area contributed by atoms with Crippen molar-refractivity contribution in [3.05, 3.63) is 0 Å². The van der Waals surface area contributed by atoms with Crippen molar-refractivity contribution in [2.75, 3.05) is 19.8 Å². The molecule has 0 spiro atoms. The maximum absolute atomic E-state index is 12.3. The van der Waals surface area contributed by atoms with Gasteiger partial charge in [0.1, 0.15) is 5.60 Å². The number of amides is 1. The highest BCUT2D eigenvalue weighted by Crippen LogP contribution is 2.21. The topological polar surface area (TPSA) is 55.6 Å². The summed E-state index contributed by atoms with van der Waals surface area (Å²) in [6.45, 7) is 6.22. The Balaban J connectivity index is 2.46. The zero-order valence-electron chi connectivity index (χ0n) is 10.9. The molecule has 0 aromatic heterocycles. The third-order valence-electron chi connectivity index (χ3n) is 2.94. The monoisotopic (exact) mass is 246 g/mol. The Morgan fingerprint density at radius 2 is 2.18 bits per heavy atom. The van der Waals surface area contributed by atoms with Crippen molar-refractivity contribution in [1.29, 1.82) is 0 Å². The summed E-state index contributed by atoms with van der Waals surface area (Å²) in [5, 5.41) is 0. The highest BCUT2D eigenvalue weighted by atomic mass is 19.1. The highest BCUT2D eigenvalue weighted by Gasteiger charge is 2.31. The third kappa shape index (κ3) is 4.50. The van der Waals surface area contributed by atoms with Crippen LogP contribution in [-0.2, 0) is 4.74 Å². The van der Waals surface area contributed by atoms with Gasteiger partial charge in [0.05, 0.1) is 6.67 Å². The molecule has 2 N–H and O–H groups in total. The van der Waals surface area contributed by atoms with E-state index in [9.17, 15) is 9.18 Å². The van der Waals surface area contributed by atoms with Crippen LogP contribution < -0.4 is 5.73 Å². The normalized spacial score (nSPS) is 25.8. The number of rotatable bonds is 2. The van der Waals surface area contributed by atoms with Crippen molar-refractivity contribution in [1.82, 2.24) is 4.90 Å². The first-order valence-electron chi connectivity index (χ1n) is 6.13. The van der Waals surface area contributed by atoms with Gasteiger partial charge in [-0.2, -0.15) is 0 Å². The molecule has 0 saturated carbocycles. The van der Waals surface area contributed by atoms with Crippen molar-refractivity contribution in [3.63, 3.8) is 0 Å². The number of ether oxygens (including phenoxy) is 1. The van der Waals surface area contributed by atoms with Crippen LogP contribution in [0.25, 0.3) is 0 Å². The molecule has 1 saturated heterocycles. The molecule has 0 radical (unpaired) electrons. The average Bonchev–Trinajstić information content (AvgIpc) is 2.18. The van der Waals surface area contributed by atoms with Crippen LogP contribution in [0.4, 0.5) is 9.18 Å². The Morgan fingerprint density at radius 3 is 2.65 bits per heavy atom. The molecule has 4 nitrogen and oxygen atoms in total. The van der Waals surface area contributed by atoms with Crippen molar-refractivity contribution < 1.29 is 13.9 Å². The molecule has 0 aromatic carbocycles. The van der Waals surface area contributed by atoms with Gasteiger partial charge < -0.3 is 15.4 Å². The SMILES string of the molecule is CC(C)(C)OC(=O)N1CCC(CCF)C(N)C1. The van der Waals surface area contributed by atoms with E-state index in [0.717, 1.165) is 6.42 Å². The van der Waals surface area contributed by atoms with E-state index in [1.54, 1.807) is 4.90 Å². The molecule has 1 aliphatic heterocycles. The minimum atomic E-state index is -0.489. The van der Waals surface area contributed by atoms with Crippen molar-refractivity contribution in [2.45, 2.75) is 45.3 Å². The molecule has 17 heavy (non-hydrogen) atoms. The molecule has 0 aliphatic carbocycles. The van der Waals surface area contributed by atoms with E-state index in [1.807, 2.05) is 20.8 Å². The zero-order chi connectivity index (χ0) is 13.1. The predicted octanol–water partition coefficient (Wildman–Crippen LogP) is 1.93. The van der Waals surface area contributed by atoms with Gasteiger partial charge in [-0.25, -0.2) is 4.79 Å². The van der Waals surface area contributed by atoms with E-state index in [4.69, 9.17) is 10.5 Å². The minimum absolute atomic E-state index is 0.146. The number of nitrogens with zero attached hydrogens (tertiary/aromatic N) is 1. The number of piperidine rings is 1. The summed E-state index contributed by atoms with van der Waals surface area (Å²) in [6.07, 6.45) is 0.917. The summed E-state index contributed by atoms with van der Waals surface area (Å²) in [7, 11) is 0. The summed E-state index contributed by atoms with van der Waals surface area (Å²) in [5.41, 5.74) is 5.45. The largest absolute Gasteiger partial charge is 0.444 e. The smallest absolute Gasteiger partial charge is 0.410 e. The van der Waals surface area contributed by atoms with E-state index in [2.05, 4.69) is 0 Å². The first-order chi connectivity index (χ1) is 7.83. The molecule has 1 amide bonds. The Bertz CT molecular complexity index is 266. The van der Waals surface area contributed by atoms with Crippen LogP contribution in [0.2, 0.25) is 0 Å². The van der Waals surface area contributed by atoms with Gasteiger partial charge in [0.15, 0.2) is 0 Å². The van der Waals surface area contributed by atoms with Crippen LogP contribution in [0.15, 0.2) is 0 Å². The number of carbonyl (C=O) groups excluding carboxylic acids is 1. The first-order valence-corrected chi connectivity index (χ1v) is 6.13. The maximum atomic E-state index is 12.3. The second kappa shape index (κ2) is 5.67. The van der Waals surface area contributed by atoms with E-state index < -0.39 is 5.60 Å². The number of halogens is 1. The summed E-state index contributed by atoms with van der Waals surface area (Å²) >= 11 is 0. The second-order valence-corrected chi connectivity index (χ2v) is 5.62. The van der Waals surface area contributed by atoms with Crippen LogP contribution in [0.3, 0.4) is 0 Å². The molecule has 5 heteroatoms. The highest BCUT2D eigenvalue weighted by molar-refractivity contribution is 5.68. The molecule has 0 bridgehead atoms. The van der Waals surface area contributed by atoms with E-state index in [-0.39, 0.29) is 24.7 Å². The predicted molar refractivity (Wildman–Crippen MR) is 64.5 cm³/mol. The molecule has 100 valence electrons. The van der Waals surface area contributed by atoms with E-state index in [0.29, 0.717) is 19.5 Å². The molecule has 1 aliphatic rings. The zero-order valence-corrected chi connectivity index (χ0v) is 10.9. The average molecular weight is 246 g/mol. The molecule has 0 aromatic rings. The number of nitrogens with two attached hydrogens (primary N) is 1. The standard InChI is InChI=1S/C12H23FN2O2/c1-12(2,3)17-11(16)15-7-5-9(4-6-13)10(14)8-15/h9-10H,4-8,14H2,1-3H3. The fourth-order valence-corrected chi connectivity index (χ4v) is 2.02. The quantitative estimate of drug-likeness (QED) is 0.810. The Kier molecular flexibility index (Phi) is 4.74. The van der Waals surface area contributed by atoms with Crippen LogP contribution >= 0.6 is 0 Å². The molecular weight excluding hydrogens is 223 g/mol. The molecule has 1 rings (SSSR count). The Labute approximate surface area is 102 Å². The van der Waals surface area contributed by atoms with Crippen molar-refractivity contribution >= 4 is 6.09 Å². The lowest BCUT2D eigenvalue weighted by Crippen LogP contribution is -2.51. The lowest BCUT2D eigenvalue weighted by Gasteiger charge is -2.37. The number of likely N-dealkylation sites (tertiary alicyclic amines) is 1. The fraction of sp³-hybridized carbons (Fsp3) is 0.917. The number of hydrogen-bond acceptors (Lipinski definition) is 3. The van der Waals surface area contributed by atoms with Crippen LogP contribution in [0.5, 0.6) is 0 Å². The van der Waals surface area contributed by atoms with E-state index in [1.165, 1.54) is 0 Å². The van der Waals surface area contributed by atoms with E-state index >= 15 is 0 Å². The molecule has 2 unspecified atom stereocenters. The second-order valence-electron chi connectivity index (χ2n) is 5.62. The van der Waals surface area contributed by atoms with Gasteiger partial charge in [-0.1, -0.05) is 0 Å². The molecule has 1 heterocycles. The van der Waals surface area contributed by atoms with Gasteiger partial charge in [-0.15, -0.1) is 0 Å². The maximum Gasteiger partial charge on any atom is 0.410 e. The van der Waals surface area contributed by atoms with Gasteiger partial charge in [-0.3, -0.25) is 4.39 Å². The first kappa shape index (κ1) is 14.2. The van der Waals surface area contributed by atoms with Gasteiger partial charge in [-0.05, 0) is 39.5 Å². The van der Waals surface area contributed by atoms with Gasteiger partial charge >= 0.3 is 6.09 Å². The van der Waals surface area contributed by atoms with Crippen LogP contribution in [0, 0.1) is 5.92 Å². The molecule has 1 fully saturated rings. The van der Waals surface area contributed by atoms with Gasteiger partial charge in [0, 0.05) is 19.1 Å². The Hall–Kier alpha value is -0.840. The summed E-state index contributed by atoms with van der Waals surface area (Å²) in [4.78, 5) is 13.4. The summed E-state index contributed by atoms with van der Waals surface area (Å²) < 4.78 is 17.5. The number of hydrogen-bond donors (Lipinski definition) is 1. The summed E-state index contributed by atoms with van der Waals surface area (Å²) in [6, 6.07) is -0.146. The molecule has 2 atom stereocenters. The fourth-order valence-electron chi connectivity index (χ4n) is 2.02. The van der Waals surface area contributed by atoms with Crippen LogP contribution in [0.1, 0.15) is 33.6 Å². The summed E-state index contributed by atoms with van der Waals surface area (Å²) in [5.74, 6) is 0.179. The minimum Gasteiger partial charge on any atom is -0.444 e. The van der Waals surface area contributed by atoms with Gasteiger partial charge in [0.25, 0.3) is 0 Å². The number of alkyl halides is 1.